The van der Waals surface area contributed by atoms with Crippen molar-refractivity contribution in [3.05, 3.63) is 69.7 Å². The molecule has 1 aromatic carbocycles. The predicted octanol–water partition coefficient (Wildman–Crippen LogP) is 3.88. The number of nitrogens with zero attached hydrogens (tertiary/aromatic N) is 4. The molecular weight excluding hydrogens is 483 g/mol. The average Bonchev–Trinajstić information content (AvgIpc) is 3.28. The van der Waals surface area contributed by atoms with Gasteiger partial charge in [-0.1, -0.05) is 24.3 Å². The van der Waals surface area contributed by atoms with E-state index in [2.05, 4.69) is 63.3 Å². The fraction of sp³-hybridized carbons (Fsp3) is 0.350. The van der Waals surface area contributed by atoms with Crippen LogP contribution in [-0.2, 0) is 19.6 Å². The largest absolute Gasteiger partial charge is 0.357 e. The lowest BCUT2D eigenvalue weighted by Gasteiger charge is -2.11. The highest BCUT2D eigenvalue weighted by molar-refractivity contribution is 14.0. The number of aromatic nitrogens is 3. The highest BCUT2D eigenvalue weighted by Crippen LogP contribution is 2.16. The van der Waals surface area contributed by atoms with E-state index >= 15 is 0 Å². The maximum absolute atomic E-state index is 4.70. The molecule has 8 heteroatoms. The standard InChI is InChI=1S/C20H26N6S.HI/c1-4-22-20(24-12-19-15(2)25-16(3)27-19)23-11-17-5-7-18(8-6-17)13-26-10-9-21-14-26;/h5-10,14H,4,11-13H2,1-3H3,(H2,22,23,24);1H. The van der Waals surface area contributed by atoms with Crippen molar-refractivity contribution >= 4 is 41.3 Å². The zero-order valence-corrected chi connectivity index (χ0v) is 19.6. The van der Waals surface area contributed by atoms with Crippen molar-refractivity contribution in [3.8, 4) is 0 Å². The summed E-state index contributed by atoms with van der Waals surface area (Å²) in [5, 5.41) is 7.80. The Morgan fingerprint density at radius 3 is 2.50 bits per heavy atom. The maximum Gasteiger partial charge on any atom is 0.191 e. The SMILES string of the molecule is CCNC(=NCc1ccc(Cn2ccnc2)cc1)NCc1sc(C)nc1C.I. The van der Waals surface area contributed by atoms with Crippen molar-refractivity contribution in [2.75, 3.05) is 6.54 Å². The molecule has 0 atom stereocenters. The van der Waals surface area contributed by atoms with Gasteiger partial charge in [-0.15, -0.1) is 35.3 Å². The van der Waals surface area contributed by atoms with Gasteiger partial charge in [0.1, 0.15) is 0 Å². The summed E-state index contributed by atoms with van der Waals surface area (Å²) in [6.45, 7) is 9.21. The van der Waals surface area contributed by atoms with Crippen molar-refractivity contribution < 1.29 is 0 Å². The number of guanidine groups is 1. The number of thiazole rings is 1. The Bertz CT molecular complexity index is 871. The fourth-order valence-corrected chi connectivity index (χ4v) is 3.63. The molecule has 150 valence electrons. The molecule has 0 fully saturated rings. The molecule has 0 saturated heterocycles. The minimum atomic E-state index is 0. The summed E-state index contributed by atoms with van der Waals surface area (Å²) >= 11 is 1.73. The third kappa shape index (κ3) is 6.59. The number of aliphatic imine (C=N–C) groups is 1. The Kier molecular flexibility index (Phi) is 8.91. The molecule has 0 spiro atoms. The van der Waals surface area contributed by atoms with Crippen LogP contribution in [0, 0.1) is 13.8 Å². The first-order valence-corrected chi connectivity index (χ1v) is 9.94. The Hall–Kier alpha value is -1.94. The van der Waals surface area contributed by atoms with Crippen molar-refractivity contribution in [1.29, 1.82) is 0 Å². The summed E-state index contributed by atoms with van der Waals surface area (Å²) in [6.07, 6.45) is 5.60. The lowest BCUT2D eigenvalue weighted by Crippen LogP contribution is -2.36. The zero-order valence-electron chi connectivity index (χ0n) is 16.5. The van der Waals surface area contributed by atoms with Crippen LogP contribution in [0.25, 0.3) is 0 Å². The molecule has 0 bridgehead atoms. The minimum Gasteiger partial charge on any atom is -0.357 e. The van der Waals surface area contributed by atoms with Gasteiger partial charge in [-0.2, -0.15) is 0 Å². The molecule has 2 N–H and O–H groups in total. The Balaban J connectivity index is 0.00000280. The first-order chi connectivity index (χ1) is 13.1. The second-order valence-electron chi connectivity index (χ2n) is 6.34. The second-order valence-corrected chi connectivity index (χ2v) is 7.63. The van der Waals surface area contributed by atoms with Crippen LogP contribution in [0.15, 0.2) is 48.0 Å². The van der Waals surface area contributed by atoms with E-state index in [4.69, 9.17) is 4.99 Å². The highest BCUT2D eigenvalue weighted by Gasteiger charge is 2.06. The summed E-state index contributed by atoms with van der Waals surface area (Å²) in [6, 6.07) is 8.56. The van der Waals surface area contributed by atoms with Crippen LogP contribution in [0.1, 0.15) is 33.6 Å². The van der Waals surface area contributed by atoms with E-state index in [1.165, 1.54) is 16.0 Å². The summed E-state index contributed by atoms with van der Waals surface area (Å²) in [5.74, 6) is 0.824. The number of rotatable bonds is 7. The number of aryl methyl sites for hydroxylation is 2. The van der Waals surface area contributed by atoms with Gasteiger partial charge in [-0.3, -0.25) is 0 Å². The van der Waals surface area contributed by atoms with Crippen LogP contribution in [0.3, 0.4) is 0 Å². The Morgan fingerprint density at radius 2 is 1.89 bits per heavy atom. The van der Waals surface area contributed by atoms with Gasteiger partial charge in [0.2, 0.25) is 0 Å². The van der Waals surface area contributed by atoms with Gasteiger partial charge in [-0.25, -0.2) is 15.0 Å². The van der Waals surface area contributed by atoms with Crippen LogP contribution in [0.5, 0.6) is 0 Å². The lowest BCUT2D eigenvalue weighted by molar-refractivity contribution is 0.796. The molecule has 3 rings (SSSR count). The molecule has 0 aliphatic heterocycles. The number of hydrogen-bond acceptors (Lipinski definition) is 4. The van der Waals surface area contributed by atoms with Crippen LogP contribution < -0.4 is 10.6 Å². The van der Waals surface area contributed by atoms with Crippen molar-refractivity contribution in [3.63, 3.8) is 0 Å². The van der Waals surface area contributed by atoms with Crippen LogP contribution in [0.2, 0.25) is 0 Å². The smallest absolute Gasteiger partial charge is 0.191 e. The monoisotopic (exact) mass is 510 g/mol. The molecule has 0 aliphatic rings. The number of hydrogen-bond donors (Lipinski definition) is 2. The van der Waals surface area contributed by atoms with Crippen molar-refractivity contribution in [2.45, 2.75) is 40.4 Å². The first-order valence-electron chi connectivity index (χ1n) is 9.12. The summed E-state index contributed by atoms with van der Waals surface area (Å²) in [5.41, 5.74) is 3.53. The third-order valence-electron chi connectivity index (χ3n) is 4.13. The number of benzene rings is 1. The van der Waals surface area contributed by atoms with Crippen LogP contribution >= 0.6 is 35.3 Å². The van der Waals surface area contributed by atoms with E-state index in [9.17, 15) is 0 Å². The number of nitrogens with one attached hydrogen (secondary N) is 2. The lowest BCUT2D eigenvalue weighted by atomic mass is 10.1. The topological polar surface area (TPSA) is 67.1 Å². The van der Waals surface area contributed by atoms with Gasteiger partial charge < -0.3 is 15.2 Å². The Labute approximate surface area is 187 Å². The van der Waals surface area contributed by atoms with Gasteiger partial charge in [0.15, 0.2) is 5.96 Å². The van der Waals surface area contributed by atoms with Gasteiger partial charge >= 0.3 is 0 Å². The molecule has 0 radical (unpaired) electrons. The fourth-order valence-electron chi connectivity index (χ4n) is 2.75. The van der Waals surface area contributed by atoms with Crippen molar-refractivity contribution in [2.24, 2.45) is 4.99 Å². The zero-order chi connectivity index (χ0) is 19.1. The van der Waals surface area contributed by atoms with Gasteiger partial charge in [-0.05, 0) is 31.9 Å². The van der Waals surface area contributed by atoms with E-state index in [0.29, 0.717) is 6.54 Å². The molecule has 28 heavy (non-hydrogen) atoms. The van der Waals surface area contributed by atoms with E-state index in [-0.39, 0.29) is 24.0 Å². The van der Waals surface area contributed by atoms with Gasteiger partial charge in [0, 0.05) is 30.4 Å². The van der Waals surface area contributed by atoms with Crippen LogP contribution in [0.4, 0.5) is 0 Å². The molecule has 6 nitrogen and oxygen atoms in total. The van der Waals surface area contributed by atoms with E-state index in [1.807, 2.05) is 19.4 Å². The van der Waals surface area contributed by atoms with Crippen LogP contribution in [-0.4, -0.2) is 27.0 Å². The molecule has 0 saturated carbocycles. The number of halogens is 1. The average molecular weight is 510 g/mol. The minimum absolute atomic E-state index is 0. The maximum atomic E-state index is 4.70. The summed E-state index contributed by atoms with van der Waals surface area (Å²) in [7, 11) is 0. The molecule has 2 heterocycles. The molecule has 0 unspecified atom stereocenters. The Morgan fingerprint density at radius 1 is 1.14 bits per heavy atom. The number of imidazole rings is 1. The normalized spacial score (nSPS) is 11.2. The third-order valence-corrected chi connectivity index (χ3v) is 5.20. The summed E-state index contributed by atoms with van der Waals surface area (Å²) < 4.78 is 2.06. The molecule has 0 aliphatic carbocycles. The van der Waals surface area contributed by atoms with E-state index in [1.54, 1.807) is 17.5 Å². The summed E-state index contributed by atoms with van der Waals surface area (Å²) in [4.78, 5) is 14.5. The first kappa shape index (κ1) is 22.4. The highest BCUT2D eigenvalue weighted by atomic mass is 127. The molecule has 2 aromatic heterocycles. The molecule has 0 amide bonds. The molecular formula is C20H27IN6S. The predicted molar refractivity (Wildman–Crippen MR) is 126 cm³/mol. The molecule has 3 aromatic rings. The van der Waals surface area contributed by atoms with Crippen molar-refractivity contribution in [1.82, 2.24) is 25.2 Å². The quantitative estimate of drug-likeness (QED) is 0.288. The van der Waals surface area contributed by atoms with E-state index < -0.39 is 0 Å². The van der Waals surface area contributed by atoms with Gasteiger partial charge in [0.05, 0.1) is 30.1 Å². The van der Waals surface area contributed by atoms with Gasteiger partial charge in [0.25, 0.3) is 0 Å². The van der Waals surface area contributed by atoms with E-state index in [0.717, 1.165) is 36.3 Å². The second kappa shape index (κ2) is 11.2.